The third kappa shape index (κ3) is 4.21. The maximum Gasteiger partial charge on any atom is 0.317 e. The van der Waals surface area contributed by atoms with Gasteiger partial charge in [0.25, 0.3) is 0 Å². The Morgan fingerprint density at radius 2 is 1.97 bits per heavy atom. The van der Waals surface area contributed by atoms with Crippen LogP contribution < -0.4 is 5.32 Å². The third-order valence-electron chi connectivity index (χ3n) is 7.66. The molecule has 6 rings (SSSR count). The van der Waals surface area contributed by atoms with Crippen molar-refractivity contribution in [1.29, 1.82) is 0 Å². The van der Waals surface area contributed by atoms with Crippen molar-refractivity contribution in [2.45, 2.75) is 44.1 Å². The van der Waals surface area contributed by atoms with Gasteiger partial charge >= 0.3 is 6.03 Å². The molecule has 1 aromatic carbocycles. The van der Waals surface area contributed by atoms with Crippen molar-refractivity contribution in [3.05, 3.63) is 78.1 Å². The number of likely N-dealkylation sites (tertiary alicyclic amines) is 1. The quantitative estimate of drug-likeness (QED) is 0.402. The zero-order valence-electron chi connectivity index (χ0n) is 20.2. The standard InChI is InChI=1S/C28H29FN6O/c29-23-18-30-12-8-20(23)5-3-4-11-31-27(36)34-13-9-28(19-34)10-14-35-26(28)16-25(33-35)22-15-21-6-1-2-7-24(21)32-17-22/h1-2,6-8,12,15-18H,3-5,9-11,13-14,19H2,(H,31,36). The summed E-state index contributed by atoms with van der Waals surface area (Å²) >= 11 is 0. The van der Waals surface area contributed by atoms with Crippen LogP contribution in [0, 0.1) is 5.82 Å². The molecule has 0 radical (unpaired) electrons. The predicted octanol–water partition coefficient (Wildman–Crippen LogP) is 4.71. The van der Waals surface area contributed by atoms with Crippen molar-refractivity contribution in [3.8, 4) is 11.3 Å². The highest BCUT2D eigenvalue weighted by Gasteiger charge is 2.46. The molecule has 0 bridgehead atoms. The minimum Gasteiger partial charge on any atom is -0.338 e. The molecule has 1 fully saturated rings. The Kier molecular flexibility index (Phi) is 5.87. The van der Waals surface area contributed by atoms with E-state index in [2.05, 4.69) is 38.2 Å². The normalized spacial score (nSPS) is 18.8. The van der Waals surface area contributed by atoms with Gasteiger partial charge in [0.2, 0.25) is 0 Å². The summed E-state index contributed by atoms with van der Waals surface area (Å²) in [6, 6.07) is 14.1. The number of para-hydroxylation sites is 1. The van der Waals surface area contributed by atoms with Crippen LogP contribution in [0.5, 0.6) is 0 Å². The Morgan fingerprint density at radius 3 is 2.89 bits per heavy atom. The van der Waals surface area contributed by atoms with E-state index in [0.29, 0.717) is 25.1 Å². The maximum absolute atomic E-state index is 13.7. The summed E-state index contributed by atoms with van der Waals surface area (Å²) in [7, 11) is 0. The molecule has 2 aliphatic heterocycles. The van der Waals surface area contributed by atoms with Crippen LogP contribution in [-0.2, 0) is 18.4 Å². The van der Waals surface area contributed by atoms with Gasteiger partial charge in [0.15, 0.2) is 0 Å². The van der Waals surface area contributed by atoms with Gasteiger partial charge in [0.05, 0.1) is 17.4 Å². The number of amides is 2. The zero-order chi connectivity index (χ0) is 24.5. The molecule has 2 amide bonds. The lowest BCUT2D eigenvalue weighted by Crippen LogP contribution is -2.40. The molecular weight excluding hydrogens is 455 g/mol. The molecular formula is C28H29FN6O. The van der Waals surface area contributed by atoms with Crippen molar-refractivity contribution in [3.63, 3.8) is 0 Å². The molecule has 184 valence electrons. The largest absolute Gasteiger partial charge is 0.338 e. The predicted molar refractivity (Wildman–Crippen MR) is 136 cm³/mol. The SMILES string of the molecule is O=C(NCCCCc1ccncc1F)N1CCC2(CCn3nc(-c4cnc5ccccc5c4)cc32)C1. The molecule has 1 N–H and O–H groups in total. The highest BCUT2D eigenvalue weighted by Crippen LogP contribution is 2.43. The number of aromatic nitrogens is 4. The Labute approximate surface area is 209 Å². The molecule has 5 heterocycles. The van der Waals surface area contributed by atoms with Crippen LogP contribution in [0.4, 0.5) is 9.18 Å². The summed E-state index contributed by atoms with van der Waals surface area (Å²) in [6.45, 7) is 2.91. The lowest BCUT2D eigenvalue weighted by Gasteiger charge is -2.23. The van der Waals surface area contributed by atoms with Gasteiger partial charge in [0, 0.05) is 60.6 Å². The minimum absolute atomic E-state index is 0.0149. The molecule has 4 aromatic rings. The van der Waals surface area contributed by atoms with E-state index in [9.17, 15) is 9.18 Å². The van der Waals surface area contributed by atoms with Gasteiger partial charge in [-0.15, -0.1) is 0 Å². The van der Waals surface area contributed by atoms with Gasteiger partial charge in [-0.3, -0.25) is 14.6 Å². The number of urea groups is 1. The monoisotopic (exact) mass is 484 g/mol. The molecule has 0 aliphatic carbocycles. The van der Waals surface area contributed by atoms with Gasteiger partial charge < -0.3 is 10.2 Å². The van der Waals surface area contributed by atoms with Crippen LogP contribution in [0.3, 0.4) is 0 Å². The first kappa shape index (κ1) is 22.6. The second-order valence-corrected chi connectivity index (χ2v) is 9.91. The number of fused-ring (bicyclic) bond motifs is 3. The zero-order valence-corrected chi connectivity index (χ0v) is 20.2. The van der Waals surface area contributed by atoms with Crippen LogP contribution in [0.2, 0.25) is 0 Å². The van der Waals surface area contributed by atoms with E-state index in [0.717, 1.165) is 60.9 Å². The van der Waals surface area contributed by atoms with Gasteiger partial charge in [-0.2, -0.15) is 5.10 Å². The number of nitrogens with one attached hydrogen (secondary N) is 1. The first-order valence-corrected chi connectivity index (χ1v) is 12.7. The van der Waals surface area contributed by atoms with Gasteiger partial charge in [0.1, 0.15) is 5.82 Å². The number of nitrogens with zero attached hydrogens (tertiary/aromatic N) is 5. The first-order chi connectivity index (χ1) is 17.6. The van der Waals surface area contributed by atoms with Crippen LogP contribution in [0.1, 0.15) is 36.9 Å². The van der Waals surface area contributed by atoms with Gasteiger partial charge in [-0.05, 0) is 61.9 Å². The van der Waals surface area contributed by atoms with E-state index < -0.39 is 0 Å². The van der Waals surface area contributed by atoms with Crippen LogP contribution in [0.15, 0.2) is 61.1 Å². The maximum atomic E-state index is 13.7. The number of rotatable bonds is 6. The number of pyridine rings is 2. The number of carbonyl (C=O) groups excluding carboxylic acids is 1. The Balaban J connectivity index is 1.06. The van der Waals surface area contributed by atoms with Gasteiger partial charge in [-0.25, -0.2) is 9.18 Å². The molecule has 2 aliphatic rings. The molecule has 1 atom stereocenters. The molecule has 1 saturated heterocycles. The minimum atomic E-state index is -0.264. The lowest BCUT2D eigenvalue weighted by atomic mass is 9.82. The van der Waals surface area contributed by atoms with E-state index in [1.54, 1.807) is 12.3 Å². The van der Waals surface area contributed by atoms with E-state index in [-0.39, 0.29) is 17.3 Å². The summed E-state index contributed by atoms with van der Waals surface area (Å²) in [5.41, 5.74) is 4.80. The Hall–Kier alpha value is -3.81. The molecule has 1 unspecified atom stereocenters. The number of unbranched alkanes of at least 4 members (excludes halogenated alkanes) is 1. The lowest BCUT2D eigenvalue weighted by molar-refractivity contribution is 0.205. The fraction of sp³-hybridized carbons (Fsp3) is 0.357. The van der Waals surface area contributed by atoms with Gasteiger partial charge in [-0.1, -0.05) is 18.2 Å². The van der Waals surface area contributed by atoms with Crippen molar-refractivity contribution < 1.29 is 9.18 Å². The third-order valence-corrected chi connectivity index (χ3v) is 7.66. The van der Waals surface area contributed by atoms with Crippen molar-refractivity contribution >= 4 is 16.9 Å². The molecule has 7 nitrogen and oxygen atoms in total. The number of aryl methyl sites for hydroxylation is 2. The fourth-order valence-electron chi connectivity index (χ4n) is 5.63. The molecule has 1 spiro atoms. The van der Waals surface area contributed by atoms with E-state index >= 15 is 0 Å². The molecule has 36 heavy (non-hydrogen) atoms. The summed E-state index contributed by atoms with van der Waals surface area (Å²) in [5.74, 6) is -0.264. The van der Waals surface area contributed by atoms with Crippen molar-refractivity contribution in [2.75, 3.05) is 19.6 Å². The van der Waals surface area contributed by atoms with E-state index in [4.69, 9.17) is 5.10 Å². The Bertz CT molecular complexity index is 1420. The summed E-state index contributed by atoms with van der Waals surface area (Å²) in [6.07, 6.45) is 8.98. The van der Waals surface area contributed by atoms with Crippen LogP contribution in [0.25, 0.3) is 22.2 Å². The summed E-state index contributed by atoms with van der Waals surface area (Å²) < 4.78 is 15.8. The number of benzene rings is 1. The fourth-order valence-corrected chi connectivity index (χ4v) is 5.63. The summed E-state index contributed by atoms with van der Waals surface area (Å²) in [5, 5.41) is 9.04. The van der Waals surface area contributed by atoms with Crippen LogP contribution in [-0.4, -0.2) is 50.3 Å². The second kappa shape index (κ2) is 9.33. The van der Waals surface area contributed by atoms with Crippen LogP contribution >= 0.6 is 0 Å². The average Bonchev–Trinajstić information content (AvgIpc) is 3.61. The number of hydrogen-bond donors (Lipinski definition) is 1. The smallest absolute Gasteiger partial charge is 0.317 e. The van der Waals surface area contributed by atoms with Crippen molar-refractivity contribution in [1.82, 2.24) is 30.0 Å². The topological polar surface area (TPSA) is 75.9 Å². The van der Waals surface area contributed by atoms with Crippen molar-refractivity contribution in [2.24, 2.45) is 0 Å². The highest BCUT2D eigenvalue weighted by atomic mass is 19.1. The number of carbonyl (C=O) groups is 1. The molecule has 3 aromatic heterocycles. The average molecular weight is 485 g/mol. The van der Waals surface area contributed by atoms with E-state index in [1.807, 2.05) is 29.3 Å². The first-order valence-electron chi connectivity index (χ1n) is 12.7. The summed E-state index contributed by atoms with van der Waals surface area (Å²) in [4.78, 5) is 23.2. The second-order valence-electron chi connectivity index (χ2n) is 9.91. The number of hydrogen-bond acceptors (Lipinski definition) is 4. The molecule has 0 saturated carbocycles. The van der Waals surface area contributed by atoms with E-state index in [1.165, 1.54) is 11.9 Å². The number of halogens is 1. The Morgan fingerprint density at radius 1 is 1.08 bits per heavy atom. The highest BCUT2D eigenvalue weighted by molar-refractivity contribution is 5.82. The molecule has 8 heteroatoms.